The quantitative estimate of drug-likeness (QED) is 0.327. The van der Waals surface area contributed by atoms with Crippen molar-refractivity contribution < 1.29 is 18.7 Å². The molecule has 1 heterocycles. The number of hydrogen-bond donors (Lipinski definition) is 0. The second-order valence-electron chi connectivity index (χ2n) is 6.37. The van der Waals surface area contributed by atoms with Gasteiger partial charge in [-0.2, -0.15) is 0 Å². The van der Waals surface area contributed by atoms with E-state index in [2.05, 4.69) is 0 Å². The lowest BCUT2D eigenvalue weighted by Gasteiger charge is -2.08. The number of carbonyl (C=O) groups excluding carboxylic acids is 2. The summed E-state index contributed by atoms with van der Waals surface area (Å²) in [6, 6.07) is 13.4. The number of ether oxygens (including phenoxy) is 1. The van der Waals surface area contributed by atoms with E-state index in [1.54, 1.807) is 24.3 Å². The lowest BCUT2D eigenvalue weighted by Crippen LogP contribution is -2.10. The highest BCUT2D eigenvalue weighted by Gasteiger charge is 2.12. The Morgan fingerprint density at radius 2 is 1.79 bits per heavy atom. The number of aryl methyl sites for hydroxylation is 1. The van der Waals surface area contributed by atoms with Gasteiger partial charge in [-0.05, 0) is 42.3 Å². The fourth-order valence-electron chi connectivity index (χ4n) is 2.84. The fourth-order valence-corrected chi connectivity index (χ4v) is 2.97. The minimum atomic E-state index is -0.506. The van der Waals surface area contributed by atoms with Crippen LogP contribution in [0.5, 0.6) is 0 Å². The van der Waals surface area contributed by atoms with Gasteiger partial charge in [-0.3, -0.25) is 9.59 Å². The van der Waals surface area contributed by atoms with Crippen LogP contribution in [0.2, 0.25) is 5.02 Å². The predicted molar refractivity (Wildman–Crippen MR) is 107 cm³/mol. The van der Waals surface area contributed by atoms with Crippen molar-refractivity contribution in [2.75, 3.05) is 0 Å². The molecule has 0 bridgehead atoms. The van der Waals surface area contributed by atoms with Crippen LogP contribution in [-0.2, 0) is 22.6 Å². The van der Waals surface area contributed by atoms with Gasteiger partial charge in [0.05, 0.1) is 6.42 Å². The molecule has 0 amide bonds. The summed E-state index contributed by atoms with van der Waals surface area (Å²) >= 11 is 5.80. The van der Waals surface area contributed by atoms with Crippen LogP contribution in [0, 0.1) is 0 Å². The minimum absolute atomic E-state index is 0.0397. The Hall–Kier alpha value is -2.92. The van der Waals surface area contributed by atoms with E-state index in [1.807, 2.05) is 25.1 Å². The van der Waals surface area contributed by atoms with E-state index >= 15 is 0 Å². The Morgan fingerprint density at radius 3 is 2.50 bits per heavy atom. The Morgan fingerprint density at radius 1 is 1.04 bits per heavy atom. The maximum absolute atomic E-state index is 12.1. The van der Waals surface area contributed by atoms with Crippen LogP contribution in [0.1, 0.15) is 41.3 Å². The molecule has 0 atom stereocenters. The number of Topliss-reactive ketones (excluding diaryl/α,β-unsaturated/α-hetero) is 1. The highest BCUT2D eigenvalue weighted by molar-refractivity contribution is 6.30. The summed E-state index contributed by atoms with van der Waals surface area (Å²) in [4.78, 5) is 35.9. The Balaban J connectivity index is 1.62. The molecule has 1 aromatic heterocycles. The number of esters is 1. The van der Waals surface area contributed by atoms with E-state index in [1.165, 1.54) is 6.07 Å². The van der Waals surface area contributed by atoms with Gasteiger partial charge in [0.2, 0.25) is 0 Å². The standard InChI is InChI=1S/C22H19ClO5/c1-2-14-3-8-18-16(12-22(26)28-20(18)11-14)13-27-21(25)10-9-19(24)15-4-6-17(23)7-5-15/h3-8,11-12H,2,9-10,13H2,1H3. The smallest absolute Gasteiger partial charge is 0.336 e. The van der Waals surface area contributed by atoms with Crippen LogP contribution in [0.3, 0.4) is 0 Å². The van der Waals surface area contributed by atoms with Crippen molar-refractivity contribution in [3.05, 3.63) is 80.7 Å². The molecule has 28 heavy (non-hydrogen) atoms. The maximum Gasteiger partial charge on any atom is 0.336 e. The van der Waals surface area contributed by atoms with Gasteiger partial charge in [0.25, 0.3) is 0 Å². The Labute approximate surface area is 166 Å². The summed E-state index contributed by atoms with van der Waals surface area (Å²) in [6.45, 7) is 1.96. The zero-order chi connectivity index (χ0) is 20.1. The van der Waals surface area contributed by atoms with Crippen molar-refractivity contribution in [1.82, 2.24) is 0 Å². The number of ketones is 1. The van der Waals surface area contributed by atoms with Gasteiger partial charge in [0.15, 0.2) is 5.78 Å². The number of carbonyl (C=O) groups is 2. The SMILES string of the molecule is CCc1ccc2c(COC(=O)CCC(=O)c3ccc(Cl)cc3)cc(=O)oc2c1. The van der Waals surface area contributed by atoms with E-state index < -0.39 is 11.6 Å². The third-order valence-electron chi connectivity index (χ3n) is 4.41. The molecule has 0 spiro atoms. The number of hydrogen-bond acceptors (Lipinski definition) is 5. The van der Waals surface area contributed by atoms with Crippen LogP contribution in [-0.4, -0.2) is 11.8 Å². The molecule has 6 heteroatoms. The lowest BCUT2D eigenvalue weighted by molar-refractivity contribution is -0.144. The summed E-state index contributed by atoms with van der Waals surface area (Å²) < 4.78 is 10.5. The molecule has 144 valence electrons. The molecule has 0 N–H and O–H groups in total. The molecule has 0 aliphatic carbocycles. The van der Waals surface area contributed by atoms with E-state index in [9.17, 15) is 14.4 Å². The van der Waals surface area contributed by atoms with Gasteiger partial charge in [-0.1, -0.05) is 30.7 Å². The second kappa shape index (κ2) is 8.85. The summed E-state index contributed by atoms with van der Waals surface area (Å²) in [6.07, 6.45) is 0.819. The third-order valence-corrected chi connectivity index (χ3v) is 4.67. The first-order chi connectivity index (χ1) is 13.5. The molecule has 0 aliphatic rings. The van der Waals surface area contributed by atoms with Gasteiger partial charge < -0.3 is 9.15 Å². The molecular formula is C22H19ClO5. The van der Waals surface area contributed by atoms with Crippen LogP contribution >= 0.6 is 11.6 Å². The van der Waals surface area contributed by atoms with Crippen molar-refractivity contribution in [1.29, 1.82) is 0 Å². The van der Waals surface area contributed by atoms with Crippen molar-refractivity contribution in [3.8, 4) is 0 Å². The first kappa shape index (κ1) is 19.8. The van der Waals surface area contributed by atoms with E-state index in [0.29, 0.717) is 21.7 Å². The van der Waals surface area contributed by atoms with E-state index in [0.717, 1.165) is 17.4 Å². The van der Waals surface area contributed by atoms with Gasteiger partial charge in [0, 0.05) is 34.0 Å². The normalized spacial score (nSPS) is 10.8. The molecule has 5 nitrogen and oxygen atoms in total. The first-order valence-corrected chi connectivity index (χ1v) is 9.34. The molecule has 0 saturated carbocycles. The molecule has 0 unspecified atom stereocenters. The van der Waals surface area contributed by atoms with Crippen LogP contribution in [0.25, 0.3) is 11.0 Å². The topological polar surface area (TPSA) is 73.6 Å². The second-order valence-corrected chi connectivity index (χ2v) is 6.80. The minimum Gasteiger partial charge on any atom is -0.461 e. The van der Waals surface area contributed by atoms with Gasteiger partial charge >= 0.3 is 11.6 Å². The molecule has 0 saturated heterocycles. The van der Waals surface area contributed by atoms with Gasteiger partial charge in [0.1, 0.15) is 12.2 Å². The molecule has 0 fully saturated rings. The number of rotatable bonds is 7. The molecule has 3 aromatic rings. The lowest BCUT2D eigenvalue weighted by atomic mass is 10.1. The maximum atomic E-state index is 12.1. The molecular weight excluding hydrogens is 380 g/mol. The summed E-state index contributed by atoms with van der Waals surface area (Å²) in [5.41, 5.74) is 2.09. The summed E-state index contributed by atoms with van der Waals surface area (Å²) in [7, 11) is 0. The predicted octanol–water partition coefficient (Wildman–Crippen LogP) is 4.72. The summed E-state index contributed by atoms with van der Waals surface area (Å²) in [5.74, 6) is -0.666. The van der Waals surface area contributed by atoms with Crippen molar-refractivity contribution in [2.24, 2.45) is 0 Å². The zero-order valence-corrected chi connectivity index (χ0v) is 16.1. The van der Waals surface area contributed by atoms with Gasteiger partial charge in [-0.15, -0.1) is 0 Å². The molecule has 0 radical (unpaired) electrons. The number of fused-ring (bicyclic) bond motifs is 1. The Bertz CT molecular complexity index is 1070. The van der Waals surface area contributed by atoms with Crippen molar-refractivity contribution in [3.63, 3.8) is 0 Å². The fraction of sp³-hybridized carbons (Fsp3) is 0.227. The number of halogens is 1. The van der Waals surface area contributed by atoms with Crippen molar-refractivity contribution in [2.45, 2.75) is 32.8 Å². The molecule has 0 aliphatic heterocycles. The van der Waals surface area contributed by atoms with Crippen LogP contribution in [0.15, 0.2) is 57.7 Å². The highest BCUT2D eigenvalue weighted by Crippen LogP contribution is 2.20. The summed E-state index contributed by atoms with van der Waals surface area (Å²) in [5, 5.41) is 1.27. The van der Waals surface area contributed by atoms with E-state index in [-0.39, 0.29) is 25.2 Å². The van der Waals surface area contributed by atoms with Crippen LogP contribution in [0.4, 0.5) is 0 Å². The average Bonchev–Trinajstić information content (AvgIpc) is 2.70. The average molecular weight is 399 g/mol. The van der Waals surface area contributed by atoms with Crippen LogP contribution < -0.4 is 5.63 Å². The highest BCUT2D eigenvalue weighted by atomic mass is 35.5. The monoisotopic (exact) mass is 398 g/mol. The molecule has 3 rings (SSSR count). The van der Waals surface area contributed by atoms with Gasteiger partial charge in [-0.25, -0.2) is 4.79 Å². The third kappa shape index (κ3) is 4.87. The van der Waals surface area contributed by atoms with Crippen molar-refractivity contribution >= 4 is 34.3 Å². The first-order valence-electron chi connectivity index (χ1n) is 8.96. The molecule has 2 aromatic carbocycles. The number of benzene rings is 2. The zero-order valence-electron chi connectivity index (χ0n) is 15.4. The Kier molecular flexibility index (Phi) is 6.26. The van der Waals surface area contributed by atoms with E-state index in [4.69, 9.17) is 20.8 Å². The largest absolute Gasteiger partial charge is 0.461 e.